The summed E-state index contributed by atoms with van der Waals surface area (Å²) in [5.41, 5.74) is 0.523. The Labute approximate surface area is 129 Å². The SMILES string of the molecule is COC(=O)CCN(C(=O)c1ccc(OC)c(OC)c1)C1CC1. The molecule has 0 atom stereocenters. The Bertz CT molecular complexity index is 553. The number of methoxy groups -OCH3 is 3. The highest BCUT2D eigenvalue weighted by atomic mass is 16.5. The van der Waals surface area contributed by atoms with Crippen molar-refractivity contribution in [1.82, 2.24) is 4.90 Å². The fraction of sp³-hybridized carbons (Fsp3) is 0.500. The summed E-state index contributed by atoms with van der Waals surface area (Å²) in [6.07, 6.45) is 2.15. The van der Waals surface area contributed by atoms with Crippen molar-refractivity contribution in [2.24, 2.45) is 0 Å². The van der Waals surface area contributed by atoms with E-state index in [1.807, 2.05) is 0 Å². The highest BCUT2D eigenvalue weighted by Crippen LogP contribution is 2.31. The molecule has 22 heavy (non-hydrogen) atoms. The summed E-state index contributed by atoms with van der Waals surface area (Å²) < 4.78 is 15.0. The predicted molar refractivity (Wildman–Crippen MR) is 80.2 cm³/mol. The van der Waals surface area contributed by atoms with Gasteiger partial charge in [0.1, 0.15) is 0 Å². The standard InChI is InChI=1S/C16H21NO5/c1-20-13-7-4-11(10-14(13)21-2)16(19)17(12-5-6-12)9-8-15(18)22-3/h4,7,10,12H,5-6,8-9H2,1-3H3. The quantitative estimate of drug-likeness (QED) is 0.720. The third-order valence-corrected chi connectivity index (χ3v) is 3.66. The molecule has 1 amide bonds. The number of esters is 1. The van der Waals surface area contributed by atoms with E-state index >= 15 is 0 Å². The first-order chi connectivity index (χ1) is 10.6. The average Bonchev–Trinajstić information content (AvgIpc) is 3.38. The molecule has 0 bridgehead atoms. The highest BCUT2D eigenvalue weighted by Gasteiger charge is 2.33. The molecule has 0 heterocycles. The predicted octanol–water partition coefficient (Wildman–Crippen LogP) is 1.87. The lowest BCUT2D eigenvalue weighted by molar-refractivity contribution is -0.140. The number of rotatable bonds is 7. The Morgan fingerprint density at radius 2 is 1.82 bits per heavy atom. The molecule has 6 heteroatoms. The van der Waals surface area contributed by atoms with Crippen molar-refractivity contribution >= 4 is 11.9 Å². The average molecular weight is 307 g/mol. The lowest BCUT2D eigenvalue weighted by Crippen LogP contribution is -2.35. The number of ether oxygens (including phenoxy) is 3. The molecular weight excluding hydrogens is 286 g/mol. The van der Waals surface area contributed by atoms with Gasteiger partial charge in [-0.15, -0.1) is 0 Å². The molecule has 1 aromatic rings. The first-order valence-corrected chi connectivity index (χ1v) is 7.20. The zero-order valence-corrected chi connectivity index (χ0v) is 13.1. The summed E-state index contributed by atoms with van der Waals surface area (Å²) in [5.74, 6) is 0.668. The first kappa shape index (κ1) is 16.1. The van der Waals surface area contributed by atoms with Gasteiger partial charge in [0.25, 0.3) is 5.91 Å². The van der Waals surface area contributed by atoms with Crippen LogP contribution in [0.4, 0.5) is 0 Å². The largest absolute Gasteiger partial charge is 0.493 e. The topological polar surface area (TPSA) is 65.1 Å². The zero-order chi connectivity index (χ0) is 16.1. The molecular formula is C16H21NO5. The van der Waals surface area contributed by atoms with Crippen molar-refractivity contribution in [3.63, 3.8) is 0 Å². The van der Waals surface area contributed by atoms with Gasteiger partial charge in [-0.05, 0) is 31.0 Å². The molecule has 1 aromatic carbocycles. The second-order valence-electron chi connectivity index (χ2n) is 5.13. The third-order valence-electron chi connectivity index (χ3n) is 3.66. The van der Waals surface area contributed by atoms with E-state index in [9.17, 15) is 9.59 Å². The van der Waals surface area contributed by atoms with Gasteiger partial charge in [-0.1, -0.05) is 0 Å². The fourth-order valence-corrected chi connectivity index (χ4v) is 2.29. The third kappa shape index (κ3) is 3.69. The molecule has 0 aliphatic heterocycles. The number of amides is 1. The molecule has 1 aliphatic carbocycles. The summed E-state index contributed by atoms with van der Waals surface area (Å²) in [5, 5.41) is 0. The van der Waals surface area contributed by atoms with Crippen LogP contribution in [0, 0.1) is 0 Å². The van der Waals surface area contributed by atoms with Crippen molar-refractivity contribution in [2.75, 3.05) is 27.9 Å². The maximum absolute atomic E-state index is 12.7. The monoisotopic (exact) mass is 307 g/mol. The van der Waals surface area contributed by atoms with Gasteiger partial charge in [-0.3, -0.25) is 9.59 Å². The molecule has 2 rings (SSSR count). The lowest BCUT2D eigenvalue weighted by atomic mass is 10.1. The van der Waals surface area contributed by atoms with E-state index < -0.39 is 0 Å². The van der Waals surface area contributed by atoms with Crippen LogP contribution >= 0.6 is 0 Å². The number of hydrogen-bond donors (Lipinski definition) is 0. The Kier molecular flexibility index (Phi) is 5.25. The second kappa shape index (κ2) is 7.15. The van der Waals surface area contributed by atoms with Crippen molar-refractivity contribution in [3.05, 3.63) is 23.8 Å². The molecule has 0 radical (unpaired) electrons. The van der Waals surface area contributed by atoms with E-state index in [1.165, 1.54) is 14.2 Å². The molecule has 1 fully saturated rings. The van der Waals surface area contributed by atoms with Gasteiger partial charge in [0.2, 0.25) is 0 Å². The summed E-state index contributed by atoms with van der Waals surface area (Å²) in [4.78, 5) is 25.7. The zero-order valence-electron chi connectivity index (χ0n) is 13.1. The van der Waals surface area contributed by atoms with E-state index in [4.69, 9.17) is 9.47 Å². The van der Waals surface area contributed by atoms with Crippen LogP contribution in [0.1, 0.15) is 29.6 Å². The maximum atomic E-state index is 12.7. The number of hydrogen-bond acceptors (Lipinski definition) is 5. The van der Waals surface area contributed by atoms with Crippen LogP contribution in [0.2, 0.25) is 0 Å². The van der Waals surface area contributed by atoms with Crippen molar-refractivity contribution < 1.29 is 23.8 Å². The normalized spacial score (nSPS) is 13.4. The van der Waals surface area contributed by atoms with Crippen LogP contribution in [-0.4, -0.2) is 50.7 Å². The van der Waals surface area contributed by atoms with Crippen molar-refractivity contribution in [2.45, 2.75) is 25.3 Å². The summed E-state index contributed by atoms with van der Waals surface area (Å²) in [6.45, 7) is 0.366. The molecule has 0 saturated heterocycles. The Hall–Kier alpha value is -2.24. The van der Waals surface area contributed by atoms with Crippen LogP contribution in [0.15, 0.2) is 18.2 Å². The summed E-state index contributed by atoms with van der Waals surface area (Å²) in [7, 11) is 4.42. The molecule has 1 aliphatic rings. The molecule has 120 valence electrons. The van der Waals surface area contributed by atoms with E-state index in [-0.39, 0.29) is 24.3 Å². The highest BCUT2D eigenvalue weighted by molar-refractivity contribution is 5.95. The van der Waals surface area contributed by atoms with Crippen LogP contribution < -0.4 is 9.47 Å². The van der Waals surface area contributed by atoms with E-state index in [0.29, 0.717) is 23.6 Å². The van der Waals surface area contributed by atoms with E-state index in [0.717, 1.165) is 12.8 Å². The van der Waals surface area contributed by atoms with Gasteiger partial charge in [0, 0.05) is 18.2 Å². The molecule has 1 saturated carbocycles. The fourth-order valence-electron chi connectivity index (χ4n) is 2.29. The van der Waals surface area contributed by atoms with Crippen LogP contribution in [0.25, 0.3) is 0 Å². The van der Waals surface area contributed by atoms with Crippen molar-refractivity contribution in [3.8, 4) is 11.5 Å². The minimum atomic E-state index is -0.314. The molecule has 6 nitrogen and oxygen atoms in total. The summed E-state index contributed by atoms with van der Waals surface area (Å²) >= 11 is 0. The number of carbonyl (C=O) groups is 2. The number of benzene rings is 1. The van der Waals surface area contributed by atoms with Gasteiger partial charge in [0.05, 0.1) is 27.8 Å². The summed E-state index contributed by atoms with van der Waals surface area (Å²) in [6, 6.07) is 5.29. The van der Waals surface area contributed by atoms with Gasteiger partial charge >= 0.3 is 5.97 Å². The Morgan fingerprint density at radius 1 is 1.14 bits per heavy atom. The van der Waals surface area contributed by atoms with Crippen LogP contribution in [0.5, 0.6) is 11.5 Å². The second-order valence-corrected chi connectivity index (χ2v) is 5.13. The van der Waals surface area contributed by atoms with Gasteiger partial charge in [-0.2, -0.15) is 0 Å². The van der Waals surface area contributed by atoms with Gasteiger partial charge in [-0.25, -0.2) is 0 Å². The minimum absolute atomic E-state index is 0.104. The van der Waals surface area contributed by atoms with E-state index in [2.05, 4.69) is 4.74 Å². The maximum Gasteiger partial charge on any atom is 0.307 e. The number of nitrogens with zero attached hydrogens (tertiary/aromatic N) is 1. The van der Waals surface area contributed by atoms with Gasteiger partial charge < -0.3 is 19.1 Å². The first-order valence-electron chi connectivity index (χ1n) is 7.20. The van der Waals surface area contributed by atoms with E-state index in [1.54, 1.807) is 30.2 Å². The molecule has 0 unspecified atom stereocenters. The molecule has 0 spiro atoms. The molecule has 0 N–H and O–H groups in total. The Morgan fingerprint density at radius 3 is 2.36 bits per heavy atom. The lowest BCUT2D eigenvalue weighted by Gasteiger charge is -2.22. The van der Waals surface area contributed by atoms with Crippen LogP contribution in [0.3, 0.4) is 0 Å². The van der Waals surface area contributed by atoms with Crippen molar-refractivity contribution in [1.29, 1.82) is 0 Å². The number of carbonyl (C=O) groups excluding carboxylic acids is 2. The van der Waals surface area contributed by atoms with Crippen LogP contribution in [-0.2, 0) is 9.53 Å². The molecule has 0 aromatic heterocycles. The minimum Gasteiger partial charge on any atom is -0.493 e. The Balaban J connectivity index is 2.14. The van der Waals surface area contributed by atoms with Gasteiger partial charge in [0.15, 0.2) is 11.5 Å². The smallest absolute Gasteiger partial charge is 0.307 e.